The van der Waals surface area contributed by atoms with Gasteiger partial charge in [-0.25, -0.2) is 12.8 Å². The summed E-state index contributed by atoms with van der Waals surface area (Å²) in [5.41, 5.74) is 6.16. The Morgan fingerprint density at radius 2 is 2.16 bits per heavy atom. The number of nitrogen functional groups attached to an aromatic ring is 1. The Kier molecular flexibility index (Phi) is 3.50. The predicted molar refractivity (Wildman–Crippen MR) is 72.6 cm³/mol. The molecule has 0 aliphatic heterocycles. The number of aromatic nitrogens is 2. The highest BCUT2D eigenvalue weighted by Crippen LogP contribution is 2.26. The van der Waals surface area contributed by atoms with Crippen LogP contribution in [0.15, 0.2) is 27.7 Å². The Balaban J connectivity index is 2.42. The third-order valence-electron chi connectivity index (χ3n) is 2.43. The molecule has 0 unspecified atom stereocenters. The first-order chi connectivity index (χ1) is 8.81. The summed E-state index contributed by atoms with van der Waals surface area (Å²) < 4.78 is 40.1. The van der Waals surface area contributed by atoms with Crippen molar-refractivity contribution in [2.24, 2.45) is 0 Å². The Bertz CT molecular complexity index is 729. The third kappa shape index (κ3) is 2.71. The van der Waals surface area contributed by atoms with E-state index < -0.39 is 15.8 Å². The summed E-state index contributed by atoms with van der Waals surface area (Å²) in [6.45, 7) is 1.65. The van der Waals surface area contributed by atoms with Crippen LogP contribution in [-0.2, 0) is 10.0 Å². The molecule has 6 nitrogen and oxygen atoms in total. The second-order valence-electron chi connectivity index (χ2n) is 3.83. The number of anilines is 2. The van der Waals surface area contributed by atoms with Gasteiger partial charge >= 0.3 is 0 Å². The average Bonchev–Trinajstić information content (AvgIpc) is 2.73. The van der Waals surface area contributed by atoms with E-state index in [0.717, 1.165) is 12.3 Å². The standard InChI is InChI=1S/C10H10BrFN4O2S/c1-5-2-6(11)7(12)3-8(5)16-19(17,18)9-4-14-15-10(9)13/h2-4,16H,1H3,(H3,13,14,15). The number of rotatable bonds is 3. The molecule has 1 aromatic heterocycles. The minimum atomic E-state index is -3.90. The molecule has 0 aliphatic rings. The fraction of sp³-hybridized carbons (Fsp3) is 0.100. The number of benzene rings is 1. The number of nitrogens with zero attached hydrogens (tertiary/aromatic N) is 1. The predicted octanol–water partition coefficient (Wildman–Crippen LogP) is 2.00. The number of hydrogen-bond donors (Lipinski definition) is 3. The van der Waals surface area contributed by atoms with Gasteiger partial charge in [-0.3, -0.25) is 9.82 Å². The number of nitrogens with one attached hydrogen (secondary N) is 2. The highest BCUT2D eigenvalue weighted by atomic mass is 79.9. The zero-order chi connectivity index (χ0) is 14.2. The van der Waals surface area contributed by atoms with Crippen LogP contribution in [0.1, 0.15) is 5.56 Å². The number of hydrogen-bond acceptors (Lipinski definition) is 4. The van der Waals surface area contributed by atoms with E-state index >= 15 is 0 Å². The van der Waals surface area contributed by atoms with Crippen molar-refractivity contribution in [2.75, 3.05) is 10.5 Å². The van der Waals surface area contributed by atoms with Gasteiger partial charge in [0.2, 0.25) is 0 Å². The second-order valence-corrected chi connectivity index (χ2v) is 6.34. The number of H-pyrrole nitrogens is 1. The van der Waals surface area contributed by atoms with Crippen LogP contribution < -0.4 is 10.5 Å². The summed E-state index contributed by atoms with van der Waals surface area (Å²) in [5.74, 6) is -0.647. The molecule has 0 spiro atoms. The molecule has 0 radical (unpaired) electrons. The fourth-order valence-corrected chi connectivity index (χ4v) is 3.06. The lowest BCUT2D eigenvalue weighted by molar-refractivity contribution is 0.601. The molecule has 102 valence electrons. The normalized spacial score (nSPS) is 11.5. The van der Waals surface area contributed by atoms with Crippen LogP contribution in [0.4, 0.5) is 15.9 Å². The van der Waals surface area contributed by atoms with Crippen LogP contribution in [0, 0.1) is 12.7 Å². The largest absolute Gasteiger partial charge is 0.383 e. The maximum atomic E-state index is 13.4. The topological polar surface area (TPSA) is 101 Å². The second kappa shape index (κ2) is 4.82. The molecule has 0 saturated heterocycles. The summed E-state index contributed by atoms with van der Waals surface area (Å²) in [5, 5.41) is 5.86. The van der Waals surface area contributed by atoms with Gasteiger partial charge in [-0.1, -0.05) is 0 Å². The Morgan fingerprint density at radius 1 is 1.47 bits per heavy atom. The van der Waals surface area contributed by atoms with Crippen molar-refractivity contribution in [1.82, 2.24) is 10.2 Å². The van der Waals surface area contributed by atoms with E-state index in [-0.39, 0.29) is 20.9 Å². The first kappa shape index (κ1) is 13.8. The van der Waals surface area contributed by atoms with Crippen LogP contribution in [0.5, 0.6) is 0 Å². The van der Waals surface area contributed by atoms with Gasteiger partial charge in [-0.2, -0.15) is 5.10 Å². The van der Waals surface area contributed by atoms with Crippen molar-refractivity contribution < 1.29 is 12.8 Å². The van der Waals surface area contributed by atoms with Crippen molar-refractivity contribution >= 4 is 37.5 Å². The van der Waals surface area contributed by atoms with Gasteiger partial charge in [0.25, 0.3) is 10.0 Å². The molecule has 1 heterocycles. The molecule has 0 bridgehead atoms. The van der Waals surface area contributed by atoms with Crippen LogP contribution in [0.2, 0.25) is 0 Å². The zero-order valence-corrected chi connectivity index (χ0v) is 12.1. The van der Waals surface area contributed by atoms with Gasteiger partial charge in [-0.05, 0) is 40.5 Å². The van der Waals surface area contributed by atoms with Crippen LogP contribution >= 0.6 is 15.9 Å². The van der Waals surface area contributed by atoms with E-state index in [1.165, 1.54) is 6.07 Å². The third-order valence-corrected chi connectivity index (χ3v) is 4.43. The molecule has 0 saturated carbocycles. The van der Waals surface area contributed by atoms with Crippen molar-refractivity contribution in [3.05, 3.63) is 34.2 Å². The van der Waals surface area contributed by atoms with Gasteiger partial charge in [0.1, 0.15) is 16.5 Å². The van der Waals surface area contributed by atoms with E-state index in [2.05, 4.69) is 30.8 Å². The quantitative estimate of drug-likeness (QED) is 0.789. The molecule has 0 fully saturated rings. The SMILES string of the molecule is Cc1cc(Br)c(F)cc1NS(=O)(=O)c1cn[nH]c1N. The molecular formula is C10H10BrFN4O2S. The Morgan fingerprint density at radius 3 is 2.74 bits per heavy atom. The van der Waals surface area contributed by atoms with Gasteiger partial charge in [0.05, 0.1) is 16.4 Å². The molecule has 9 heteroatoms. The lowest BCUT2D eigenvalue weighted by atomic mass is 10.2. The van der Waals surface area contributed by atoms with E-state index in [1.54, 1.807) is 6.92 Å². The van der Waals surface area contributed by atoms with Gasteiger partial charge < -0.3 is 5.73 Å². The van der Waals surface area contributed by atoms with Gasteiger partial charge in [-0.15, -0.1) is 0 Å². The summed E-state index contributed by atoms with van der Waals surface area (Å²) in [6.07, 6.45) is 1.09. The highest BCUT2D eigenvalue weighted by molar-refractivity contribution is 9.10. The minimum absolute atomic E-state index is 0.0808. The zero-order valence-electron chi connectivity index (χ0n) is 9.74. The minimum Gasteiger partial charge on any atom is -0.383 e. The van der Waals surface area contributed by atoms with Crippen LogP contribution in [0.25, 0.3) is 0 Å². The summed E-state index contributed by atoms with van der Waals surface area (Å²) in [4.78, 5) is -0.185. The van der Waals surface area contributed by atoms with Crippen LogP contribution in [0.3, 0.4) is 0 Å². The monoisotopic (exact) mass is 348 g/mol. The van der Waals surface area contributed by atoms with Gasteiger partial charge in [0.15, 0.2) is 0 Å². The van der Waals surface area contributed by atoms with E-state index in [4.69, 9.17) is 5.73 Å². The molecule has 4 N–H and O–H groups in total. The fourth-order valence-electron chi connectivity index (χ4n) is 1.46. The molecule has 0 atom stereocenters. The molecular weight excluding hydrogens is 339 g/mol. The highest BCUT2D eigenvalue weighted by Gasteiger charge is 2.20. The van der Waals surface area contributed by atoms with E-state index in [1.807, 2.05) is 0 Å². The molecule has 2 rings (SSSR count). The molecule has 19 heavy (non-hydrogen) atoms. The van der Waals surface area contributed by atoms with E-state index in [9.17, 15) is 12.8 Å². The lowest BCUT2D eigenvalue weighted by Gasteiger charge is -2.10. The summed E-state index contributed by atoms with van der Waals surface area (Å²) in [7, 11) is -3.90. The van der Waals surface area contributed by atoms with Gasteiger partial charge in [0, 0.05) is 0 Å². The molecule has 0 amide bonds. The number of aryl methyl sites for hydroxylation is 1. The van der Waals surface area contributed by atoms with Crippen molar-refractivity contribution in [3.8, 4) is 0 Å². The number of nitrogens with two attached hydrogens (primary N) is 1. The van der Waals surface area contributed by atoms with Crippen molar-refractivity contribution in [1.29, 1.82) is 0 Å². The summed E-state index contributed by atoms with van der Waals surface area (Å²) in [6, 6.07) is 2.57. The maximum absolute atomic E-state index is 13.4. The number of sulfonamides is 1. The molecule has 2 aromatic rings. The van der Waals surface area contributed by atoms with Crippen molar-refractivity contribution in [2.45, 2.75) is 11.8 Å². The smallest absolute Gasteiger partial charge is 0.267 e. The van der Waals surface area contributed by atoms with Crippen LogP contribution in [-0.4, -0.2) is 18.6 Å². The maximum Gasteiger partial charge on any atom is 0.267 e. The summed E-state index contributed by atoms with van der Waals surface area (Å²) >= 11 is 3.02. The number of aromatic amines is 1. The lowest BCUT2D eigenvalue weighted by Crippen LogP contribution is -2.15. The van der Waals surface area contributed by atoms with E-state index in [0.29, 0.717) is 5.56 Å². The molecule has 0 aliphatic carbocycles. The van der Waals surface area contributed by atoms with Crippen molar-refractivity contribution in [3.63, 3.8) is 0 Å². The number of halogens is 2. The Hall–Kier alpha value is -1.61. The first-order valence-electron chi connectivity index (χ1n) is 5.08. The average molecular weight is 349 g/mol. The molecule has 1 aromatic carbocycles. The first-order valence-corrected chi connectivity index (χ1v) is 7.36. The Labute approximate surface area is 117 Å².